The minimum absolute atomic E-state index is 0.0708. The topological polar surface area (TPSA) is 110 Å². The summed E-state index contributed by atoms with van der Waals surface area (Å²) in [6, 6.07) is 13.9. The van der Waals surface area contributed by atoms with E-state index in [4.69, 9.17) is 9.47 Å². The van der Waals surface area contributed by atoms with E-state index in [1.807, 2.05) is 0 Å². The van der Waals surface area contributed by atoms with Gasteiger partial charge in [-0.15, -0.1) is 0 Å². The summed E-state index contributed by atoms with van der Waals surface area (Å²) >= 11 is 0. The molecule has 0 aliphatic carbocycles. The minimum Gasteiger partial charge on any atom is -0.508 e. The number of hydrogen-bond donors (Lipinski definition) is 2. The Bertz CT molecular complexity index is 1030. The Morgan fingerprint density at radius 2 is 1.86 bits per heavy atom. The van der Waals surface area contributed by atoms with Gasteiger partial charge in [0.05, 0.1) is 18.9 Å². The highest BCUT2D eigenvalue weighted by Crippen LogP contribution is 2.28. The molecule has 0 spiro atoms. The van der Waals surface area contributed by atoms with E-state index in [2.05, 4.69) is 15.5 Å². The fraction of sp³-hybridized carbons (Fsp3) is 0.0476. The fourth-order valence-corrected chi connectivity index (χ4v) is 2.33. The number of ether oxygens (including phenoxy) is 2. The number of aromatic hydroxyl groups is 1. The molecule has 146 valence electrons. The lowest BCUT2D eigenvalue weighted by molar-refractivity contribution is 0.0729. The number of hydrogen-bond acceptors (Lipinski definition) is 7. The largest absolute Gasteiger partial charge is 0.508 e. The quantitative estimate of drug-likeness (QED) is 0.289. The molecule has 1 amide bonds. The van der Waals surface area contributed by atoms with Crippen molar-refractivity contribution in [2.24, 2.45) is 5.10 Å². The molecular formula is C21H17N3O5. The number of esters is 1. The highest BCUT2D eigenvalue weighted by molar-refractivity contribution is 5.95. The van der Waals surface area contributed by atoms with E-state index in [0.29, 0.717) is 22.4 Å². The van der Waals surface area contributed by atoms with Crippen LogP contribution in [0.3, 0.4) is 0 Å². The van der Waals surface area contributed by atoms with Gasteiger partial charge >= 0.3 is 5.97 Å². The minimum atomic E-state index is -0.557. The number of phenolic OH excluding ortho intramolecular Hbond substituents is 1. The predicted octanol–water partition coefficient (Wildman–Crippen LogP) is 2.78. The Hall–Kier alpha value is -4.20. The molecule has 0 aliphatic rings. The number of phenols is 1. The molecule has 1 heterocycles. The zero-order chi connectivity index (χ0) is 20.6. The first-order valence-corrected chi connectivity index (χ1v) is 8.49. The normalized spacial score (nSPS) is 10.5. The third-order valence-electron chi connectivity index (χ3n) is 3.80. The zero-order valence-corrected chi connectivity index (χ0v) is 15.4. The maximum Gasteiger partial charge on any atom is 0.345 e. The molecule has 0 fully saturated rings. The first kappa shape index (κ1) is 19.6. The molecule has 0 atom stereocenters. The van der Waals surface area contributed by atoms with E-state index in [-0.39, 0.29) is 11.5 Å². The number of benzene rings is 2. The van der Waals surface area contributed by atoms with Gasteiger partial charge in [0.2, 0.25) is 0 Å². The van der Waals surface area contributed by atoms with Gasteiger partial charge in [0.25, 0.3) is 5.91 Å². The van der Waals surface area contributed by atoms with Crippen LogP contribution < -0.4 is 14.9 Å². The average Bonchev–Trinajstić information content (AvgIpc) is 2.75. The lowest BCUT2D eigenvalue weighted by Gasteiger charge is -2.09. The first-order chi connectivity index (χ1) is 14.1. The Morgan fingerprint density at radius 1 is 1.07 bits per heavy atom. The van der Waals surface area contributed by atoms with Crippen LogP contribution in [-0.2, 0) is 0 Å². The van der Waals surface area contributed by atoms with Crippen molar-refractivity contribution in [1.29, 1.82) is 0 Å². The van der Waals surface area contributed by atoms with Gasteiger partial charge in [0.15, 0.2) is 11.5 Å². The van der Waals surface area contributed by atoms with Crippen molar-refractivity contribution in [1.82, 2.24) is 10.4 Å². The Balaban J connectivity index is 1.66. The molecule has 0 aliphatic heterocycles. The smallest absolute Gasteiger partial charge is 0.345 e. The monoisotopic (exact) mass is 391 g/mol. The second kappa shape index (κ2) is 9.14. The molecule has 8 heteroatoms. The molecule has 3 rings (SSSR count). The predicted molar refractivity (Wildman–Crippen MR) is 105 cm³/mol. The maximum absolute atomic E-state index is 12.2. The summed E-state index contributed by atoms with van der Waals surface area (Å²) in [5, 5.41) is 13.1. The van der Waals surface area contributed by atoms with Gasteiger partial charge in [0, 0.05) is 18.0 Å². The van der Waals surface area contributed by atoms with Crippen molar-refractivity contribution < 1.29 is 24.2 Å². The van der Waals surface area contributed by atoms with Gasteiger partial charge in [-0.3, -0.25) is 9.78 Å². The van der Waals surface area contributed by atoms with Crippen LogP contribution in [0.5, 0.6) is 17.2 Å². The van der Waals surface area contributed by atoms with Gasteiger partial charge in [-0.05, 0) is 60.2 Å². The fourth-order valence-electron chi connectivity index (χ4n) is 2.33. The van der Waals surface area contributed by atoms with Gasteiger partial charge < -0.3 is 14.6 Å². The van der Waals surface area contributed by atoms with Gasteiger partial charge in [-0.2, -0.15) is 5.10 Å². The van der Waals surface area contributed by atoms with E-state index >= 15 is 0 Å². The number of carbonyl (C=O) groups excluding carboxylic acids is 2. The van der Waals surface area contributed by atoms with Crippen LogP contribution >= 0.6 is 0 Å². The number of hydrazone groups is 1. The van der Waals surface area contributed by atoms with Crippen molar-refractivity contribution in [2.75, 3.05) is 7.11 Å². The number of nitrogens with zero attached hydrogens (tertiary/aromatic N) is 2. The lowest BCUT2D eigenvalue weighted by atomic mass is 10.2. The van der Waals surface area contributed by atoms with Crippen molar-refractivity contribution in [2.45, 2.75) is 0 Å². The van der Waals surface area contributed by atoms with E-state index in [9.17, 15) is 14.7 Å². The van der Waals surface area contributed by atoms with Gasteiger partial charge in [0.1, 0.15) is 5.75 Å². The van der Waals surface area contributed by atoms with E-state index in [1.165, 1.54) is 43.8 Å². The van der Waals surface area contributed by atoms with Crippen LogP contribution in [0.25, 0.3) is 0 Å². The van der Waals surface area contributed by atoms with Crippen LogP contribution in [-0.4, -0.2) is 35.3 Å². The molecule has 3 aromatic rings. The molecular weight excluding hydrogens is 374 g/mol. The molecule has 0 bridgehead atoms. The SMILES string of the molecule is COc1cc(C=NNC(=O)c2ccc(O)cc2)ccc1OC(=O)c1cccnc1. The van der Waals surface area contributed by atoms with Crippen molar-refractivity contribution >= 4 is 18.1 Å². The first-order valence-electron chi connectivity index (χ1n) is 8.49. The molecule has 1 aromatic heterocycles. The molecule has 8 nitrogen and oxygen atoms in total. The van der Waals surface area contributed by atoms with E-state index in [0.717, 1.165) is 0 Å². The second-order valence-electron chi connectivity index (χ2n) is 5.79. The summed E-state index contributed by atoms with van der Waals surface area (Å²) in [4.78, 5) is 28.0. The van der Waals surface area contributed by atoms with Crippen molar-refractivity contribution in [3.8, 4) is 17.2 Å². The van der Waals surface area contributed by atoms with Crippen LogP contribution in [0.2, 0.25) is 0 Å². The van der Waals surface area contributed by atoms with Crippen LogP contribution in [0.15, 0.2) is 72.1 Å². The Kier molecular flexibility index (Phi) is 6.16. The summed E-state index contributed by atoms with van der Waals surface area (Å²) in [5.74, 6) is -0.335. The molecule has 0 saturated carbocycles. The van der Waals surface area contributed by atoms with E-state index < -0.39 is 11.9 Å². The number of carbonyl (C=O) groups is 2. The number of methoxy groups -OCH3 is 1. The summed E-state index contributed by atoms with van der Waals surface area (Å²) in [5.41, 5.74) is 3.68. The number of aromatic nitrogens is 1. The number of pyridine rings is 1. The summed E-state index contributed by atoms with van der Waals surface area (Å²) in [7, 11) is 1.45. The van der Waals surface area contributed by atoms with Crippen LogP contribution in [0.1, 0.15) is 26.3 Å². The Morgan fingerprint density at radius 3 is 2.55 bits per heavy atom. The third kappa shape index (κ3) is 5.16. The molecule has 29 heavy (non-hydrogen) atoms. The van der Waals surface area contributed by atoms with Crippen LogP contribution in [0.4, 0.5) is 0 Å². The second-order valence-corrected chi connectivity index (χ2v) is 5.79. The van der Waals surface area contributed by atoms with Gasteiger partial charge in [-0.25, -0.2) is 10.2 Å². The number of nitrogens with one attached hydrogen (secondary N) is 1. The highest BCUT2D eigenvalue weighted by atomic mass is 16.6. The molecule has 2 N–H and O–H groups in total. The number of rotatable bonds is 6. The molecule has 0 radical (unpaired) electrons. The average molecular weight is 391 g/mol. The van der Waals surface area contributed by atoms with E-state index in [1.54, 1.807) is 36.5 Å². The summed E-state index contributed by atoms with van der Waals surface area (Å²) in [6.07, 6.45) is 4.39. The third-order valence-corrected chi connectivity index (χ3v) is 3.80. The lowest BCUT2D eigenvalue weighted by Crippen LogP contribution is -2.17. The zero-order valence-electron chi connectivity index (χ0n) is 15.4. The highest BCUT2D eigenvalue weighted by Gasteiger charge is 2.13. The standard InChI is InChI=1S/C21H17N3O5/c1-28-19-11-14(12-23-24-20(26)15-5-7-17(25)8-6-15)4-9-18(19)29-21(27)16-3-2-10-22-13-16/h2-13,25H,1H3,(H,24,26). The number of amides is 1. The molecule has 0 saturated heterocycles. The summed E-state index contributed by atoms with van der Waals surface area (Å²) in [6.45, 7) is 0. The van der Waals surface area contributed by atoms with Gasteiger partial charge in [-0.1, -0.05) is 0 Å². The van der Waals surface area contributed by atoms with Crippen LogP contribution in [0, 0.1) is 0 Å². The summed E-state index contributed by atoms with van der Waals surface area (Å²) < 4.78 is 10.6. The Labute approximate surface area is 166 Å². The molecule has 2 aromatic carbocycles. The van der Waals surface area contributed by atoms with Crippen molar-refractivity contribution in [3.63, 3.8) is 0 Å². The van der Waals surface area contributed by atoms with Crippen molar-refractivity contribution in [3.05, 3.63) is 83.7 Å². The maximum atomic E-state index is 12.2. The molecule has 0 unspecified atom stereocenters.